The highest BCUT2D eigenvalue weighted by atomic mass is 35.7. The third kappa shape index (κ3) is 5.53. The summed E-state index contributed by atoms with van der Waals surface area (Å²) in [6.45, 7) is 3.01. The van der Waals surface area contributed by atoms with Crippen LogP contribution in [0.3, 0.4) is 0 Å². The van der Waals surface area contributed by atoms with Gasteiger partial charge in [0, 0.05) is 11.2 Å². The van der Waals surface area contributed by atoms with Gasteiger partial charge in [-0.05, 0) is 39.8 Å². The highest BCUT2D eigenvalue weighted by Crippen LogP contribution is 2.54. The number of benzene rings is 1. The van der Waals surface area contributed by atoms with Gasteiger partial charge in [-0.3, -0.25) is 4.52 Å². The molecule has 0 saturated carbocycles. The lowest BCUT2D eigenvalue weighted by Gasteiger charge is -2.17. The number of rotatable bonds is 6. The van der Waals surface area contributed by atoms with Gasteiger partial charge in [0.1, 0.15) is 11.3 Å². The van der Waals surface area contributed by atoms with Crippen molar-refractivity contribution in [2.45, 2.75) is 39.9 Å². The van der Waals surface area contributed by atoms with Gasteiger partial charge in [0.2, 0.25) is 0 Å². The zero-order valence-corrected chi connectivity index (χ0v) is 13.5. The number of ether oxygens (including phenoxy) is 1. The van der Waals surface area contributed by atoms with E-state index in [1.165, 1.54) is 12.1 Å². The summed E-state index contributed by atoms with van der Waals surface area (Å²) >= 11 is 5.71. The lowest BCUT2D eigenvalue weighted by atomic mass is 10.2. The molecule has 1 rings (SSSR count). The molecule has 0 heterocycles. The van der Waals surface area contributed by atoms with E-state index in [1.807, 2.05) is 0 Å². The summed E-state index contributed by atoms with van der Waals surface area (Å²) in [5, 5.41) is 0. The Bertz CT molecular complexity index is 515. The van der Waals surface area contributed by atoms with Crippen LogP contribution in [0.5, 0.6) is 5.75 Å². The molecule has 20 heavy (non-hydrogen) atoms. The first kappa shape index (κ1) is 17.0. The van der Waals surface area contributed by atoms with Gasteiger partial charge in [-0.25, -0.2) is 9.36 Å². The molecule has 0 aromatic heterocycles. The summed E-state index contributed by atoms with van der Waals surface area (Å²) in [6.07, 6.45) is -0.640. The summed E-state index contributed by atoms with van der Waals surface area (Å²) in [6, 6.07) is 6.27. The number of carbonyl (C=O) groups excluding carboxylic acids is 1. The van der Waals surface area contributed by atoms with Gasteiger partial charge < -0.3 is 9.26 Å². The van der Waals surface area contributed by atoms with E-state index in [0.29, 0.717) is 0 Å². The molecule has 1 aromatic carbocycles. The second-order valence-electron chi connectivity index (χ2n) is 4.63. The van der Waals surface area contributed by atoms with E-state index in [-0.39, 0.29) is 23.5 Å². The molecule has 0 radical (unpaired) electrons. The first-order chi connectivity index (χ1) is 9.21. The largest absolute Gasteiger partial charge is 0.477 e. The fourth-order valence-electron chi connectivity index (χ4n) is 1.38. The van der Waals surface area contributed by atoms with E-state index < -0.39 is 12.9 Å². The molecule has 112 valence electrons. The van der Waals surface area contributed by atoms with Crippen molar-refractivity contribution in [2.75, 3.05) is 0 Å². The van der Waals surface area contributed by atoms with Crippen LogP contribution in [0.2, 0.25) is 0 Å². The molecule has 0 amide bonds. The minimum absolute atomic E-state index is 0.0668. The van der Waals surface area contributed by atoms with E-state index in [1.54, 1.807) is 39.8 Å². The first-order valence-electron chi connectivity index (χ1n) is 6.19. The molecule has 7 heteroatoms. The summed E-state index contributed by atoms with van der Waals surface area (Å²) < 4.78 is 27.2. The lowest BCUT2D eigenvalue weighted by Crippen LogP contribution is -2.13. The van der Waals surface area contributed by atoms with Crippen molar-refractivity contribution in [2.24, 2.45) is 0 Å². The number of esters is 1. The molecule has 1 unspecified atom stereocenters. The molecule has 0 bridgehead atoms. The summed E-state index contributed by atoms with van der Waals surface area (Å²) in [7, 11) is 0. The molecule has 0 aliphatic rings. The smallest absolute Gasteiger partial charge is 0.459 e. The van der Waals surface area contributed by atoms with E-state index in [4.69, 9.17) is 25.0 Å². The van der Waals surface area contributed by atoms with Crippen LogP contribution < -0.4 is 4.52 Å². The third-order valence-electron chi connectivity index (χ3n) is 1.99. The van der Waals surface area contributed by atoms with Crippen LogP contribution in [0.1, 0.15) is 38.1 Å². The van der Waals surface area contributed by atoms with Gasteiger partial charge in [0.05, 0.1) is 12.2 Å². The summed E-state index contributed by atoms with van der Waals surface area (Å²) in [4.78, 5) is 11.9. The van der Waals surface area contributed by atoms with Crippen LogP contribution in [0, 0.1) is 0 Å². The van der Waals surface area contributed by atoms with E-state index >= 15 is 0 Å². The standard InChI is InChI=1S/C13H18ClO5P/c1-9(2)17-13(15)11-7-5-6-8-12(11)19-20(14,16)18-10(3)4/h5-10H,1-4H3. The van der Waals surface area contributed by atoms with Crippen molar-refractivity contribution in [3.05, 3.63) is 29.8 Å². The summed E-state index contributed by atoms with van der Waals surface area (Å²) in [5.41, 5.74) is 0.148. The number of hydrogen-bond acceptors (Lipinski definition) is 5. The first-order valence-corrected chi connectivity index (χ1v) is 8.63. The Morgan fingerprint density at radius 1 is 1.15 bits per heavy atom. The van der Waals surface area contributed by atoms with Crippen LogP contribution >= 0.6 is 18.2 Å². The average molecular weight is 321 g/mol. The maximum atomic E-state index is 12.0. The second-order valence-corrected chi connectivity index (χ2v) is 7.12. The van der Waals surface area contributed by atoms with Crippen LogP contribution in [0.15, 0.2) is 24.3 Å². The van der Waals surface area contributed by atoms with Crippen molar-refractivity contribution < 1.29 is 23.1 Å². The van der Waals surface area contributed by atoms with Gasteiger partial charge in [-0.15, -0.1) is 0 Å². The predicted molar refractivity (Wildman–Crippen MR) is 77.3 cm³/mol. The Balaban J connectivity index is 2.96. The van der Waals surface area contributed by atoms with E-state index in [0.717, 1.165) is 0 Å². The highest BCUT2D eigenvalue weighted by Gasteiger charge is 2.27. The monoisotopic (exact) mass is 320 g/mol. The Labute approximate surface area is 123 Å². The van der Waals surface area contributed by atoms with Gasteiger partial charge in [-0.2, -0.15) is 0 Å². The molecule has 0 fully saturated rings. The van der Waals surface area contributed by atoms with Crippen molar-refractivity contribution in [1.82, 2.24) is 0 Å². The zero-order valence-electron chi connectivity index (χ0n) is 11.8. The topological polar surface area (TPSA) is 61.8 Å². The number of halogens is 1. The van der Waals surface area contributed by atoms with Gasteiger partial charge >= 0.3 is 12.9 Å². The van der Waals surface area contributed by atoms with Crippen LogP contribution in [0.4, 0.5) is 0 Å². The minimum Gasteiger partial charge on any atom is -0.459 e. The Morgan fingerprint density at radius 3 is 2.30 bits per heavy atom. The fourth-order valence-corrected chi connectivity index (χ4v) is 3.03. The van der Waals surface area contributed by atoms with E-state index in [9.17, 15) is 9.36 Å². The fraction of sp³-hybridized carbons (Fsp3) is 0.462. The van der Waals surface area contributed by atoms with E-state index in [2.05, 4.69) is 0 Å². The molecular formula is C13H18ClO5P. The van der Waals surface area contributed by atoms with Crippen LogP contribution in [0.25, 0.3) is 0 Å². The van der Waals surface area contributed by atoms with Crippen molar-refractivity contribution >= 4 is 24.2 Å². The molecule has 5 nitrogen and oxygen atoms in total. The minimum atomic E-state index is -3.81. The quantitative estimate of drug-likeness (QED) is 0.574. The number of carbonyl (C=O) groups is 1. The molecule has 0 saturated heterocycles. The highest BCUT2D eigenvalue weighted by molar-refractivity contribution is 7.81. The average Bonchev–Trinajstić information content (AvgIpc) is 2.25. The maximum Gasteiger partial charge on any atom is 0.477 e. The van der Waals surface area contributed by atoms with Crippen molar-refractivity contribution in [3.63, 3.8) is 0 Å². The van der Waals surface area contributed by atoms with Gasteiger partial charge in [0.15, 0.2) is 0 Å². The Hall–Kier alpha value is -1.03. The second kappa shape index (κ2) is 7.11. The van der Waals surface area contributed by atoms with Gasteiger partial charge in [0.25, 0.3) is 0 Å². The van der Waals surface area contributed by atoms with Crippen molar-refractivity contribution in [1.29, 1.82) is 0 Å². The molecule has 0 N–H and O–H groups in total. The summed E-state index contributed by atoms with van der Waals surface area (Å²) in [5.74, 6) is -0.506. The van der Waals surface area contributed by atoms with Crippen molar-refractivity contribution in [3.8, 4) is 5.75 Å². The SMILES string of the molecule is CC(C)OC(=O)c1ccccc1OP(=O)(Cl)OC(C)C. The molecule has 1 aromatic rings. The number of hydrogen-bond donors (Lipinski definition) is 0. The molecule has 0 spiro atoms. The van der Waals surface area contributed by atoms with Crippen LogP contribution in [-0.4, -0.2) is 18.2 Å². The normalized spacial score (nSPS) is 14.2. The molecule has 1 atom stereocenters. The molecule has 0 aliphatic carbocycles. The maximum absolute atomic E-state index is 12.0. The predicted octanol–water partition coefficient (Wildman–Crippen LogP) is 4.40. The van der Waals surface area contributed by atoms with Crippen LogP contribution in [-0.2, 0) is 13.8 Å². The lowest BCUT2D eigenvalue weighted by molar-refractivity contribution is 0.0376. The Kier molecular flexibility index (Phi) is 6.06. The number of para-hydroxylation sites is 1. The zero-order chi connectivity index (χ0) is 15.3. The molecule has 0 aliphatic heterocycles. The third-order valence-corrected chi connectivity index (χ3v) is 3.53. The molecular weight excluding hydrogens is 303 g/mol. The Morgan fingerprint density at radius 2 is 1.75 bits per heavy atom. The van der Waals surface area contributed by atoms with Gasteiger partial charge in [-0.1, -0.05) is 12.1 Å².